The van der Waals surface area contributed by atoms with Gasteiger partial charge in [0.15, 0.2) is 0 Å². The number of hydrogen-bond acceptors (Lipinski definition) is 3. The fourth-order valence-electron chi connectivity index (χ4n) is 3.97. The van der Waals surface area contributed by atoms with Crippen LogP contribution in [0.4, 0.5) is 11.4 Å². The highest BCUT2D eigenvalue weighted by Gasteiger charge is 2.30. The molecule has 6 heteroatoms. The number of carbonyl (C=O) groups excluding carboxylic acids is 1. The molecule has 2 heterocycles. The molecule has 0 unspecified atom stereocenters. The summed E-state index contributed by atoms with van der Waals surface area (Å²) in [4.78, 5) is 20.2. The molecule has 1 amide bonds. The summed E-state index contributed by atoms with van der Waals surface area (Å²) >= 11 is 0. The van der Waals surface area contributed by atoms with Gasteiger partial charge in [0.05, 0.1) is 11.1 Å². The highest BCUT2D eigenvalue weighted by atomic mass is 35.5. The van der Waals surface area contributed by atoms with Crippen molar-refractivity contribution in [2.45, 2.75) is 31.6 Å². The number of benzene rings is 2. The van der Waals surface area contributed by atoms with Gasteiger partial charge in [-0.25, -0.2) is 0 Å². The van der Waals surface area contributed by atoms with Crippen molar-refractivity contribution in [3.8, 4) is 0 Å². The smallest absolute Gasteiger partial charge is 0.259 e. The summed E-state index contributed by atoms with van der Waals surface area (Å²) in [6.45, 7) is 0.727. The van der Waals surface area contributed by atoms with Crippen LogP contribution in [0.3, 0.4) is 0 Å². The molecule has 2 aromatic carbocycles. The fraction of sp³-hybridized carbons (Fsp3) is 0.273. The maximum Gasteiger partial charge on any atom is 0.259 e. The third-order valence-corrected chi connectivity index (χ3v) is 5.49. The second kappa shape index (κ2) is 7.98. The SMILES string of the molecule is Cl.Cl.Nc1cccc2c1CCCN2C(=O)c1cc(C2CC2)nc2ccccc12. The van der Waals surface area contributed by atoms with Crippen LogP contribution >= 0.6 is 24.8 Å². The Morgan fingerprint density at radius 1 is 1.07 bits per heavy atom. The van der Waals surface area contributed by atoms with Gasteiger partial charge >= 0.3 is 0 Å². The van der Waals surface area contributed by atoms with Crippen molar-refractivity contribution >= 4 is 53.0 Å². The molecular formula is C22H23Cl2N3O. The van der Waals surface area contributed by atoms with Crippen molar-refractivity contribution in [2.75, 3.05) is 17.2 Å². The zero-order valence-corrected chi connectivity index (χ0v) is 17.1. The second-order valence-electron chi connectivity index (χ2n) is 7.29. The van der Waals surface area contributed by atoms with Crippen LogP contribution < -0.4 is 10.6 Å². The molecule has 1 saturated carbocycles. The number of nitrogens with zero attached hydrogens (tertiary/aromatic N) is 2. The molecule has 1 fully saturated rings. The number of anilines is 2. The average Bonchev–Trinajstić information content (AvgIpc) is 3.52. The Morgan fingerprint density at radius 2 is 1.86 bits per heavy atom. The van der Waals surface area contributed by atoms with Crippen LogP contribution in [0.5, 0.6) is 0 Å². The Bertz CT molecular complexity index is 1030. The van der Waals surface area contributed by atoms with E-state index in [9.17, 15) is 4.79 Å². The van der Waals surface area contributed by atoms with E-state index in [1.54, 1.807) is 0 Å². The number of carbonyl (C=O) groups is 1. The minimum absolute atomic E-state index is 0. The fourth-order valence-corrected chi connectivity index (χ4v) is 3.97. The Kier molecular flexibility index (Phi) is 5.82. The number of amides is 1. The van der Waals surface area contributed by atoms with Gasteiger partial charge in [0.2, 0.25) is 0 Å². The lowest BCUT2D eigenvalue weighted by atomic mass is 9.98. The molecule has 5 rings (SSSR count). The number of para-hydroxylation sites is 1. The summed E-state index contributed by atoms with van der Waals surface area (Å²) in [7, 11) is 0. The summed E-state index contributed by atoms with van der Waals surface area (Å²) in [5.74, 6) is 0.562. The predicted molar refractivity (Wildman–Crippen MR) is 119 cm³/mol. The van der Waals surface area contributed by atoms with Crippen LogP contribution in [0.15, 0.2) is 48.5 Å². The van der Waals surface area contributed by atoms with E-state index in [2.05, 4.69) is 0 Å². The van der Waals surface area contributed by atoms with Crippen molar-refractivity contribution in [1.82, 2.24) is 4.98 Å². The molecule has 1 aliphatic heterocycles. The standard InChI is InChI=1S/C22H21N3O.2ClH/c23-18-7-3-9-21-16(18)6-4-12-25(21)22(26)17-13-20(14-10-11-14)24-19-8-2-1-5-15(17)19;;/h1-3,5,7-9,13-14H,4,6,10-12,23H2;2*1H. The third kappa shape index (κ3) is 3.43. The molecule has 1 aromatic heterocycles. The minimum Gasteiger partial charge on any atom is -0.398 e. The number of aromatic nitrogens is 1. The van der Waals surface area contributed by atoms with Gasteiger partial charge in [-0.15, -0.1) is 24.8 Å². The first-order chi connectivity index (χ1) is 12.7. The largest absolute Gasteiger partial charge is 0.398 e. The first-order valence-corrected chi connectivity index (χ1v) is 9.31. The zero-order chi connectivity index (χ0) is 17.7. The summed E-state index contributed by atoms with van der Waals surface area (Å²) in [5, 5.41) is 0.929. The van der Waals surface area contributed by atoms with Crippen LogP contribution in [0, 0.1) is 0 Å². The van der Waals surface area contributed by atoms with Crippen molar-refractivity contribution in [2.24, 2.45) is 0 Å². The lowest BCUT2D eigenvalue weighted by Crippen LogP contribution is -2.36. The van der Waals surface area contributed by atoms with Gasteiger partial charge < -0.3 is 10.6 Å². The summed E-state index contributed by atoms with van der Waals surface area (Å²) in [5.41, 5.74) is 11.7. The van der Waals surface area contributed by atoms with E-state index in [-0.39, 0.29) is 30.7 Å². The van der Waals surface area contributed by atoms with Gasteiger partial charge in [-0.1, -0.05) is 24.3 Å². The van der Waals surface area contributed by atoms with Crippen molar-refractivity contribution in [3.63, 3.8) is 0 Å². The molecule has 146 valence electrons. The quantitative estimate of drug-likeness (QED) is 0.589. The van der Waals surface area contributed by atoms with Crippen LogP contribution in [-0.4, -0.2) is 17.4 Å². The molecular weight excluding hydrogens is 393 g/mol. The number of pyridine rings is 1. The zero-order valence-electron chi connectivity index (χ0n) is 15.4. The lowest BCUT2D eigenvalue weighted by molar-refractivity contribution is 0.0986. The maximum atomic E-state index is 13.5. The van der Waals surface area contributed by atoms with Gasteiger partial charge in [-0.05, 0) is 55.5 Å². The van der Waals surface area contributed by atoms with Crippen molar-refractivity contribution < 1.29 is 4.79 Å². The number of halogens is 2. The van der Waals surface area contributed by atoms with Crippen molar-refractivity contribution in [1.29, 1.82) is 0 Å². The molecule has 2 aliphatic rings. The van der Waals surface area contributed by atoms with Crippen LogP contribution in [0.2, 0.25) is 0 Å². The Morgan fingerprint density at radius 3 is 2.64 bits per heavy atom. The van der Waals surface area contributed by atoms with Crippen LogP contribution in [-0.2, 0) is 6.42 Å². The van der Waals surface area contributed by atoms with Gasteiger partial charge in [-0.2, -0.15) is 0 Å². The van der Waals surface area contributed by atoms with Crippen LogP contribution in [0.1, 0.15) is 46.8 Å². The molecule has 0 atom stereocenters. The lowest BCUT2D eigenvalue weighted by Gasteiger charge is -2.30. The Balaban J connectivity index is 0.00000112. The predicted octanol–water partition coefficient (Wildman–Crippen LogP) is 5.13. The normalized spacial score (nSPS) is 15.4. The van der Waals surface area contributed by atoms with Gasteiger partial charge in [0.1, 0.15) is 0 Å². The van der Waals surface area contributed by atoms with Gasteiger partial charge in [-0.3, -0.25) is 9.78 Å². The maximum absolute atomic E-state index is 13.5. The average molecular weight is 416 g/mol. The Labute approximate surface area is 177 Å². The molecule has 3 aromatic rings. The molecule has 28 heavy (non-hydrogen) atoms. The number of hydrogen-bond donors (Lipinski definition) is 1. The van der Waals surface area contributed by atoms with Gasteiger partial charge in [0, 0.05) is 34.9 Å². The van der Waals surface area contributed by atoms with E-state index in [1.165, 1.54) is 12.8 Å². The number of fused-ring (bicyclic) bond motifs is 2. The first-order valence-electron chi connectivity index (χ1n) is 9.31. The van der Waals surface area contributed by atoms with Crippen LogP contribution in [0.25, 0.3) is 10.9 Å². The molecule has 0 bridgehead atoms. The molecule has 1 aliphatic carbocycles. The number of nitrogens with two attached hydrogens (primary N) is 1. The van der Waals surface area contributed by atoms with E-state index in [0.29, 0.717) is 5.92 Å². The molecule has 0 radical (unpaired) electrons. The number of rotatable bonds is 2. The van der Waals surface area contributed by atoms with E-state index < -0.39 is 0 Å². The van der Waals surface area contributed by atoms with E-state index in [4.69, 9.17) is 10.7 Å². The highest BCUT2D eigenvalue weighted by Crippen LogP contribution is 2.41. The Hall–Kier alpha value is -2.30. The topological polar surface area (TPSA) is 59.2 Å². The highest BCUT2D eigenvalue weighted by molar-refractivity contribution is 6.14. The summed E-state index contributed by atoms with van der Waals surface area (Å²) < 4.78 is 0. The molecule has 4 nitrogen and oxygen atoms in total. The molecule has 0 spiro atoms. The third-order valence-electron chi connectivity index (χ3n) is 5.49. The number of nitrogen functional groups attached to an aromatic ring is 1. The van der Waals surface area contributed by atoms with Gasteiger partial charge in [0.25, 0.3) is 5.91 Å². The summed E-state index contributed by atoms with van der Waals surface area (Å²) in [6, 6.07) is 15.8. The molecule has 0 saturated heterocycles. The van der Waals surface area contributed by atoms with E-state index in [1.807, 2.05) is 53.4 Å². The summed E-state index contributed by atoms with van der Waals surface area (Å²) in [6.07, 6.45) is 4.20. The first kappa shape index (κ1) is 20.4. The van der Waals surface area contributed by atoms with Crippen molar-refractivity contribution in [3.05, 3.63) is 65.4 Å². The van der Waals surface area contributed by atoms with E-state index in [0.717, 1.165) is 58.5 Å². The van der Waals surface area contributed by atoms with E-state index >= 15 is 0 Å². The molecule has 2 N–H and O–H groups in total. The monoisotopic (exact) mass is 415 g/mol. The second-order valence-corrected chi connectivity index (χ2v) is 7.29. The minimum atomic E-state index is 0.